The molecule has 0 radical (unpaired) electrons. The van der Waals surface area contributed by atoms with E-state index in [2.05, 4.69) is 25.9 Å². The Morgan fingerprint density at radius 2 is 2.00 bits per heavy atom. The molecule has 0 spiro atoms. The van der Waals surface area contributed by atoms with E-state index in [4.69, 9.17) is 0 Å². The van der Waals surface area contributed by atoms with Crippen molar-refractivity contribution >= 4 is 17.3 Å². The Morgan fingerprint density at radius 1 is 1.30 bits per heavy atom. The topological polar surface area (TPSA) is 84.5 Å². The third kappa shape index (κ3) is 3.51. The molecule has 0 unspecified atom stereocenters. The van der Waals surface area contributed by atoms with Gasteiger partial charge >= 0.3 is 0 Å². The number of benzene rings is 1. The molecule has 0 fully saturated rings. The first-order chi connectivity index (χ1) is 12.6. The third-order valence-electron chi connectivity index (χ3n) is 4.76. The molecule has 27 heavy (non-hydrogen) atoms. The van der Waals surface area contributed by atoms with E-state index in [1.165, 1.54) is 6.07 Å². The highest BCUT2D eigenvalue weighted by Gasteiger charge is 2.29. The van der Waals surface area contributed by atoms with Gasteiger partial charge in [-0.3, -0.25) is 19.6 Å². The standard InChI is InChI=1S/C19H25N5O3/c1-19(2,3)23-15-8-9-22(12-14(15)11-20-23)18(25)13-6-7-16(21(4)5)17(10-13)24(26)27/h6-7,10-11H,8-9,12H2,1-5H3. The summed E-state index contributed by atoms with van der Waals surface area (Å²) in [5.74, 6) is -0.197. The molecule has 2 aromatic rings. The molecular weight excluding hydrogens is 346 g/mol. The maximum absolute atomic E-state index is 12.9. The number of carbonyl (C=O) groups excluding carboxylic acids is 1. The first-order valence-electron chi connectivity index (χ1n) is 8.91. The van der Waals surface area contributed by atoms with Crippen molar-refractivity contribution in [3.63, 3.8) is 0 Å². The minimum absolute atomic E-state index is 0.0656. The van der Waals surface area contributed by atoms with Crippen LogP contribution in [0.2, 0.25) is 0 Å². The lowest BCUT2D eigenvalue weighted by Gasteiger charge is -2.30. The number of carbonyl (C=O) groups is 1. The van der Waals surface area contributed by atoms with E-state index < -0.39 is 4.92 Å². The fourth-order valence-corrected chi connectivity index (χ4v) is 3.45. The highest BCUT2D eigenvalue weighted by Crippen LogP contribution is 2.30. The minimum atomic E-state index is -0.451. The molecule has 0 saturated heterocycles. The molecule has 1 aliphatic rings. The zero-order valence-corrected chi connectivity index (χ0v) is 16.4. The number of hydrogen-bond acceptors (Lipinski definition) is 5. The Bertz CT molecular complexity index is 895. The lowest BCUT2D eigenvalue weighted by Crippen LogP contribution is -2.37. The van der Waals surface area contributed by atoms with Crippen LogP contribution in [0.4, 0.5) is 11.4 Å². The number of rotatable bonds is 3. The van der Waals surface area contributed by atoms with Crippen LogP contribution in [0, 0.1) is 10.1 Å². The molecule has 0 aliphatic carbocycles. The maximum Gasteiger partial charge on any atom is 0.293 e. The fourth-order valence-electron chi connectivity index (χ4n) is 3.45. The smallest absolute Gasteiger partial charge is 0.293 e. The van der Waals surface area contributed by atoms with Crippen LogP contribution in [-0.2, 0) is 18.5 Å². The van der Waals surface area contributed by atoms with Gasteiger partial charge in [0.05, 0.1) is 16.7 Å². The minimum Gasteiger partial charge on any atom is -0.372 e. The van der Waals surface area contributed by atoms with E-state index >= 15 is 0 Å². The Balaban J connectivity index is 1.87. The predicted octanol–water partition coefficient (Wildman–Crippen LogP) is 2.81. The molecule has 144 valence electrons. The van der Waals surface area contributed by atoms with Crippen LogP contribution in [-0.4, -0.2) is 46.2 Å². The van der Waals surface area contributed by atoms with E-state index in [1.807, 2.05) is 10.9 Å². The molecule has 8 heteroatoms. The molecule has 0 bridgehead atoms. The van der Waals surface area contributed by atoms with Crippen molar-refractivity contribution in [1.29, 1.82) is 0 Å². The molecule has 1 aliphatic heterocycles. The van der Waals surface area contributed by atoms with Crippen LogP contribution in [0.25, 0.3) is 0 Å². The molecule has 2 heterocycles. The largest absolute Gasteiger partial charge is 0.372 e. The van der Waals surface area contributed by atoms with Gasteiger partial charge in [-0.15, -0.1) is 0 Å². The Morgan fingerprint density at radius 3 is 2.59 bits per heavy atom. The first kappa shape index (κ1) is 18.9. The van der Waals surface area contributed by atoms with Gasteiger partial charge in [0.15, 0.2) is 0 Å². The SMILES string of the molecule is CN(C)c1ccc(C(=O)N2CCc3c(cnn3C(C)(C)C)C2)cc1[N+](=O)[O-]. The van der Waals surface area contributed by atoms with Gasteiger partial charge in [0.25, 0.3) is 11.6 Å². The maximum atomic E-state index is 12.9. The zero-order valence-electron chi connectivity index (χ0n) is 16.4. The summed E-state index contributed by atoms with van der Waals surface area (Å²) in [6.07, 6.45) is 2.54. The number of anilines is 1. The number of fused-ring (bicyclic) bond motifs is 1. The van der Waals surface area contributed by atoms with Gasteiger partial charge in [0.2, 0.25) is 0 Å². The van der Waals surface area contributed by atoms with Gasteiger partial charge in [0, 0.05) is 56.5 Å². The third-order valence-corrected chi connectivity index (χ3v) is 4.76. The molecular formula is C19H25N5O3. The van der Waals surface area contributed by atoms with Crippen molar-refractivity contribution in [1.82, 2.24) is 14.7 Å². The Hall–Kier alpha value is -2.90. The summed E-state index contributed by atoms with van der Waals surface area (Å²) >= 11 is 0. The predicted molar refractivity (Wildman–Crippen MR) is 103 cm³/mol. The van der Waals surface area contributed by atoms with Crippen molar-refractivity contribution in [2.75, 3.05) is 25.5 Å². The summed E-state index contributed by atoms with van der Waals surface area (Å²) in [6, 6.07) is 4.64. The molecule has 1 aromatic carbocycles. The van der Waals surface area contributed by atoms with E-state index in [9.17, 15) is 14.9 Å². The summed E-state index contributed by atoms with van der Waals surface area (Å²) in [6.45, 7) is 7.33. The van der Waals surface area contributed by atoms with Crippen molar-refractivity contribution < 1.29 is 9.72 Å². The van der Waals surface area contributed by atoms with Crippen LogP contribution >= 0.6 is 0 Å². The Labute approximate surface area is 158 Å². The van der Waals surface area contributed by atoms with Gasteiger partial charge in [0.1, 0.15) is 5.69 Å². The molecule has 1 amide bonds. The number of amides is 1. The zero-order chi connectivity index (χ0) is 19.9. The van der Waals surface area contributed by atoms with E-state index in [0.29, 0.717) is 24.3 Å². The van der Waals surface area contributed by atoms with Crippen LogP contribution in [0.5, 0.6) is 0 Å². The normalized spacial score (nSPS) is 14.0. The number of aromatic nitrogens is 2. The Kier molecular flexibility index (Phi) is 4.67. The van der Waals surface area contributed by atoms with Crippen LogP contribution in [0.15, 0.2) is 24.4 Å². The average molecular weight is 371 g/mol. The lowest BCUT2D eigenvalue weighted by atomic mass is 10.0. The number of hydrogen-bond donors (Lipinski definition) is 0. The number of nitro benzene ring substituents is 1. The highest BCUT2D eigenvalue weighted by atomic mass is 16.6. The molecule has 0 saturated carbocycles. The lowest BCUT2D eigenvalue weighted by molar-refractivity contribution is -0.384. The van der Waals surface area contributed by atoms with E-state index in [1.54, 1.807) is 36.0 Å². The van der Waals surface area contributed by atoms with Gasteiger partial charge in [-0.25, -0.2) is 0 Å². The van der Waals surface area contributed by atoms with Crippen molar-refractivity contribution in [3.8, 4) is 0 Å². The van der Waals surface area contributed by atoms with Gasteiger partial charge in [-0.05, 0) is 32.9 Å². The average Bonchev–Trinajstić information content (AvgIpc) is 3.03. The number of nitrogens with zero attached hydrogens (tertiary/aromatic N) is 5. The quantitative estimate of drug-likeness (QED) is 0.612. The summed E-state index contributed by atoms with van der Waals surface area (Å²) in [5.41, 5.74) is 2.82. The van der Waals surface area contributed by atoms with E-state index in [-0.39, 0.29) is 17.1 Å². The summed E-state index contributed by atoms with van der Waals surface area (Å²) in [5, 5.41) is 15.9. The second kappa shape index (κ2) is 6.68. The second-order valence-corrected chi connectivity index (χ2v) is 8.03. The van der Waals surface area contributed by atoms with Gasteiger partial charge in [-0.2, -0.15) is 5.10 Å². The van der Waals surface area contributed by atoms with Crippen LogP contribution < -0.4 is 4.90 Å². The van der Waals surface area contributed by atoms with Crippen molar-refractivity contribution in [2.24, 2.45) is 0 Å². The summed E-state index contributed by atoms with van der Waals surface area (Å²) in [4.78, 5) is 27.3. The molecule has 1 aromatic heterocycles. The van der Waals surface area contributed by atoms with Crippen molar-refractivity contribution in [2.45, 2.75) is 39.3 Å². The molecule has 8 nitrogen and oxygen atoms in total. The van der Waals surface area contributed by atoms with Crippen molar-refractivity contribution in [3.05, 3.63) is 51.3 Å². The molecule has 0 atom stereocenters. The van der Waals surface area contributed by atoms with Crippen LogP contribution in [0.1, 0.15) is 42.4 Å². The van der Waals surface area contributed by atoms with Gasteiger partial charge in [-0.1, -0.05) is 0 Å². The van der Waals surface area contributed by atoms with E-state index in [0.717, 1.165) is 17.7 Å². The fraction of sp³-hybridized carbons (Fsp3) is 0.474. The molecule has 3 rings (SSSR count). The van der Waals surface area contributed by atoms with Crippen LogP contribution in [0.3, 0.4) is 0 Å². The second-order valence-electron chi connectivity index (χ2n) is 8.03. The summed E-state index contributed by atoms with van der Waals surface area (Å²) < 4.78 is 2.01. The summed E-state index contributed by atoms with van der Waals surface area (Å²) in [7, 11) is 3.48. The molecule has 0 N–H and O–H groups in total. The first-order valence-corrected chi connectivity index (χ1v) is 8.91. The monoisotopic (exact) mass is 371 g/mol. The number of nitro groups is 1. The highest BCUT2D eigenvalue weighted by molar-refractivity contribution is 5.96. The van der Waals surface area contributed by atoms with Gasteiger partial charge < -0.3 is 9.80 Å².